The fraction of sp³-hybridized carbons (Fsp3) is 0.182. The molecule has 0 unspecified atom stereocenters. The van der Waals surface area contributed by atoms with Gasteiger partial charge < -0.3 is 9.15 Å². The third kappa shape index (κ3) is 3.97. The molecular formula is C22H21N5O4. The van der Waals surface area contributed by atoms with E-state index in [1.165, 1.54) is 6.26 Å². The van der Waals surface area contributed by atoms with E-state index in [2.05, 4.69) is 20.9 Å². The molecule has 158 valence electrons. The molecule has 0 bridgehead atoms. The molecule has 4 rings (SSSR count). The Bertz CT molecular complexity index is 1240. The number of nitrogens with one attached hydrogen (secondary N) is 2. The van der Waals surface area contributed by atoms with Crippen LogP contribution in [0.3, 0.4) is 0 Å². The van der Waals surface area contributed by atoms with Crippen LogP contribution in [-0.2, 0) is 7.05 Å². The van der Waals surface area contributed by atoms with E-state index in [0.717, 1.165) is 0 Å². The fourth-order valence-electron chi connectivity index (χ4n) is 3.30. The Kier molecular flexibility index (Phi) is 5.40. The van der Waals surface area contributed by atoms with Crippen molar-refractivity contribution in [2.75, 3.05) is 6.61 Å². The number of furan rings is 1. The highest BCUT2D eigenvalue weighted by Gasteiger charge is 2.20. The van der Waals surface area contributed by atoms with E-state index >= 15 is 0 Å². The van der Waals surface area contributed by atoms with Crippen LogP contribution in [0.2, 0.25) is 0 Å². The van der Waals surface area contributed by atoms with Crippen LogP contribution >= 0.6 is 0 Å². The molecule has 9 heteroatoms. The Hall–Kier alpha value is -4.14. The lowest BCUT2D eigenvalue weighted by Gasteiger charge is -2.10. The van der Waals surface area contributed by atoms with Gasteiger partial charge in [0, 0.05) is 12.6 Å². The molecule has 0 spiro atoms. The number of pyridine rings is 1. The summed E-state index contributed by atoms with van der Waals surface area (Å²) in [5, 5.41) is 4.97. The van der Waals surface area contributed by atoms with Crippen molar-refractivity contribution in [2.24, 2.45) is 7.05 Å². The van der Waals surface area contributed by atoms with Crippen LogP contribution in [0.5, 0.6) is 5.75 Å². The molecule has 2 N–H and O–H groups in total. The summed E-state index contributed by atoms with van der Waals surface area (Å²) < 4.78 is 12.4. The normalized spacial score (nSPS) is 10.8. The van der Waals surface area contributed by atoms with Gasteiger partial charge in [-0.2, -0.15) is 5.10 Å². The van der Waals surface area contributed by atoms with Gasteiger partial charge in [-0.3, -0.25) is 25.1 Å². The molecule has 0 atom stereocenters. The minimum Gasteiger partial charge on any atom is -0.494 e. The number of aromatic nitrogens is 3. The second-order valence-electron chi connectivity index (χ2n) is 6.81. The first-order valence-corrected chi connectivity index (χ1v) is 9.69. The largest absolute Gasteiger partial charge is 0.494 e. The van der Waals surface area contributed by atoms with Crippen LogP contribution < -0.4 is 15.6 Å². The van der Waals surface area contributed by atoms with Crippen molar-refractivity contribution in [3.63, 3.8) is 0 Å². The lowest BCUT2D eigenvalue weighted by Crippen LogP contribution is -2.41. The topological polar surface area (TPSA) is 111 Å². The number of nitrogens with zero attached hydrogens (tertiary/aromatic N) is 3. The van der Waals surface area contributed by atoms with Crippen LogP contribution in [0.1, 0.15) is 33.3 Å². The lowest BCUT2D eigenvalue weighted by atomic mass is 10.1. The second-order valence-corrected chi connectivity index (χ2v) is 6.81. The third-order valence-electron chi connectivity index (χ3n) is 4.70. The van der Waals surface area contributed by atoms with Crippen molar-refractivity contribution in [1.29, 1.82) is 0 Å². The predicted octanol–water partition coefficient (Wildman–Crippen LogP) is 3.01. The van der Waals surface area contributed by atoms with E-state index in [9.17, 15) is 9.59 Å². The SMILES string of the molecule is CCOc1ccc(C(=O)NNC(=O)c2cc(-c3ccco3)nc3c2c(C)nn3C)cc1. The number of fused-ring (bicyclic) bond motifs is 1. The average Bonchev–Trinajstić information content (AvgIpc) is 3.40. The molecule has 31 heavy (non-hydrogen) atoms. The smallest absolute Gasteiger partial charge is 0.270 e. The summed E-state index contributed by atoms with van der Waals surface area (Å²) in [6, 6.07) is 11.8. The van der Waals surface area contributed by atoms with Crippen molar-refractivity contribution in [3.05, 3.63) is 65.5 Å². The summed E-state index contributed by atoms with van der Waals surface area (Å²) in [5.74, 6) is 0.249. The van der Waals surface area contributed by atoms with Gasteiger partial charge >= 0.3 is 0 Å². The van der Waals surface area contributed by atoms with Crippen LogP contribution in [0, 0.1) is 6.92 Å². The standard InChI is InChI=1S/C22H21N5O4/c1-4-30-15-9-7-14(8-10-15)21(28)24-25-22(29)16-12-17(18-6-5-11-31-18)23-20-19(16)13(2)26-27(20)3/h5-12H,4H2,1-3H3,(H,24,28)(H,25,29). The molecule has 0 aliphatic carbocycles. The zero-order chi connectivity index (χ0) is 22.0. The molecule has 0 radical (unpaired) electrons. The van der Waals surface area contributed by atoms with Gasteiger partial charge in [0.1, 0.15) is 11.4 Å². The molecule has 0 aliphatic rings. The summed E-state index contributed by atoms with van der Waals surface area (Å²) in [7, 11) is 1.75. The summed E-state index contributed by atoms with van der Waals surface area (Å²) in [5.41, 5.74) is 7.31. The summed E-state index contributed by atoms with van der Waals surface area (Å²) in [4.78, 5) is 30.0. The maximum absolute atomic E-state index is 13.0. The molecule has 0 saturated heterocycles. The number of ether oxygens (including phenoxy) is 1. The molecule has 3 aromatic heterocycles. The maximum atomic E-state index is 13.0. The molecule has 4 aromatic rings. The quantitative estimate of drug-likeness (QED) is 0.481. The Morgan fingerprint density at radius 1 is 1.13 bits per heavy atom. The van der Waals surface area contributed by atoms with Crippen LogP contribution in [0.15, 0.2) is 53.1 Å². The van der Waals surface area contributed by atoms with Crippen LogP contribution in [0.25, 0.3) is 22.5 Å². The van der Waals surface area contributed by atoms with Gasteiger partial charge in [0.2, 0.25) is 0 Å². The number of hydrazine groups is 1. The third-order valence-corrected chi connectivity index (χ3v) is 4.70. The number of rotatable bonds is 5. The van der Waals surface area contributed by atoms with E-state index in [1.54, 1.807) is 61.1 Å². The van der Waals surface area contributed by atoms with E-state index in [1.807, 2.05) is 6.92 Å². The minimum absolute atomic E-state index is 0.328. The summed E-state index contributed by atoms with van der Waals surface area (Å²) in [6.45, 7) is 4.22. The molecule has 0 saturated carbocycles. The van der Waals surface area contributed by atoms with Crippen LogP contribution in [-0.4, -0.2) is 33.2 Å². The van der Waals surface area contributed by atoms with Gasteiger partial charge in [-0.15, -0.1) is 0 Å². The second kappa shape index (κ2) is 8.31. The van der Waals surface area contributed by atoms with Crippen molar-refractivity contribution >= 4 is 22.8 Å². The van der Waals surface area contributed by atoms with Crippen molar-refractivity contribution in [2.45, 2.75) is 13.8 Å². The van der Waals surface area contributed by atoms with E-state index in [0.29, 0.717) is 51.7 Å². The molecular weight excluding hydrogens is 398 g/mol. The fourth-order valence-corrected chi connectivity index (χ4v) is 3.30. The summed E-state index contributed by atoms with van der Waals surface area (Å²) in [6.07, 6.45) is 1.53. The summed E-state index contributed by atoms with van der Waals surface area (Å²) >= 11 is 0. The number of aryl methyl sites for hydroxylation is 2. The molecule has 9 nitrogen and oxygen atoms in total. The van der Waals surface area contributed by atoms with Gasteiger partial charge in [-0.1, -0.05) is 0 Å². The first kappa shape index (κ1) is 20.1. The lowest BCUT2D eigenvalue weighted by molar-refractivity contribution is 0.0847. The number of hydrogen-bond donors (Lipinski definition) is 2. The monoisotopic (exact) mass is 419 g/mol. The number of carbonyl (C=O) groups is 2. The Morgan fingerprint density at radius 3 is 2.55 bits per heavy atom. The number of benzene rings is 1. The van der Waals surface area contributed by atoms with E-state index in [-0.39, 0.29) is 0 Å². The van der Waals surface area contributed by atoms with E-state index < -0.39 is 11.8 Å². The van der Waals surface area contributed by atoms with Gasteiger partial charge in [-0.25, -0.2) is 4.98 Å². The van der Waals surface area contributed by atoms with Crippen molar-refractivity contribution in [3.8, 4) is 17.2 Å². The number of carbonyl (C=O) groups excluding carboxylic acids is 2. The molecule has 1 aromatic carbocycles. The Labute approximate surface area is 178 Å². The van der Waals surface area contributed by atoms with Gasteiger partial charge in [0.05, 0.1) is 29.5 Å². The number of hydrogen-bond acceptors (Lipinski definition) is 6. The molecule has 2 amide bonds. The van der Waals surface area contributed by atoms with Crippen LogP contribution in [0.4, 0.5) is 0 Å². The molecule has 0 aliphatic heterocycles. The average molecular weight is 419 g/mol. The highest BCUT2D eigenvalue weighted by atomic mass is 16.5. The number of amides is 2. The predicted molar refractivity (Wildman–Crippen MR) is 113 cm³/mol. The minimum atomic E-state index is -0.490. The maximum Gasteiger partial charge on any atom is 0.270 e. The highest BCUT2D eigenvalue weighted by Crippen LogP contribution is 2.27. The zero-order valence-electron chi connectivity index (χ0n) is 17.3. The van der Waals surface area contributed by atoms with Crippen molar-refractivity contribution < 1.29 is 18.7 Å². The Morgan fingerprint density at radius 2 is 1.87 bits per heavy atom. The highest BCUT2D eigenvalue weighted by molar-refractivity contribution is 6.08. The zero-order valence-corrected chi connectivity index (χ0v) is 17.3. The Balaban J connectivity index is 1.59. The van der Waals surface area contributed by atoms with Gasteiger partial charge in [0.15, 0.2) is 11.4 Å². The molecule has 3 heterocycles. The first-order chi connectivity index (χ1) is 15.0. The van der Waals surface area contributed by atoms with Gasteiger partial charge in [-0.05, 0) is 56.3 Å². The van der Waals surface area contributed by atoms with Gasteiger partial charge in [0.25, 0.3) is 11.8 Å². The first-order valence-electron chi connectivity index (χ1n) is 9.69. The molecule has 0 fully saturated rings. The van der Waals surface area contributed by atoms with Crippen molar-refractivity contribution in [1.82, 2.24) is 25.6 Å². The van der Waals surface area contributed by atoms with E-state index in [4.69, 9.17) is 9.15 Å².